The largest absolute Gasteiger partial charge is 0.481 e. The molecule has 0 aliphatic carbocycles. The van der Waals surface area contributed by atoms with Crippen LogP contribution in [0.15, 0.2) is 28.7 Å². The number of benzene rings is 1. The highest BCUT2D eigenvalue weighted by Crippen LogP contribution is 2.22. The van der Waals surface area contributed by atoms with Crippen molar-refractivity contribution in [1.82, 2.24) is 5.32 Å². The molecule has 0 aromatic heterocycles. The Bertz CT molecular complexity index is 469. The molecule has 0 atom stereocenters. The first-order valence-corrected chi connectivity index (χ1v) is 7.31. The smallest absolute Gasteiger partial charge is 0.303 e. The molecule has 5 heteroatoms. The summed E-state index contributed by atoms with van der Waals surface area (Å²) in [5, 5.41) is 11.3. The fourth-order valence-electron chi connectivity index (χ4n) is 1.86. The van der Waals surface area contributed by atoms with E-state index in [1.807, 2.05) is 12.1 Å². The monoisotopic (exact) mass is 341 g/mol. The zero-order chi connectivity index (χ0) is 15.2. The maximum atomic E-state index is 11.5. The molecular weight excluding hydrogens is 322 g/mol. The molecule has 0 saturated carbocycles. The molecule has 0 unspecified atom stereocenters. The van der Waals surface area contributed by atoms with Gasteiger partial charge in [0.1, 0.15) is 0 Å². The van der Waals surface area contributed by atoms with E-state index in [2.05, 4.69) is 47.2 Å². The van der Waals surface area contributed by atoms with Crippen LogP contribution in [0.4, 0.5) is 0 Å². The number of carbonyl (C=O) groups excluding carboxylic acids is 1. The van der Waals surface area contributed by atoms with Gasteiger partial charge in [-0.15, -0.1) is 0 Å². The lowest BCUT2D eigenvalue weighted by Gasteiger charge is -2.25. The second-order valence-electron chi connectivity index (χ2n) is 5.64. The Morgan fingerprint density at radius 3 is 2.35 bits per heavy atom. The summed E-state index contributed by atoms with van der Waals surface area (Å²) < 4.78 is 1.04. The number of rotatable bonds is 7. The van der Waals surface area contributed by atoms with Gasteiger partial charge in [0.2, 0.25) is 5.91 Å². The van der Waals surface area contributed by atoms with Crippen LogP contribution < -0.4 is 5.32 Å². The molecule has 0 heterocycles. The quantitative estimate of drug-likeness (QED) is 0.801. The van der Waals surface area contributed by atoms with Crippen molar-refractivity contribution in [3.8, 4) is 0 Å². The highest BCUT2D eigenvalue weighted by molar-refractivity contribution is 9.10. The summed E-state index contributed by atoms with van der Waals surface area (Å²) in [7, 11) is 0. The van der Waals surface area contributed by atoms with Crippen molar-refractivity contribution in [3.63, 3.8) is 0 Å². The molecule has 20 heavy (non-hydrogen) atoms. The third kappa shape index (κ3) is 6.70. The number of aliphatic carboxylic acids is 1. The fourth-order valence-corrected chi connectivity index (χ4v) is 2.13. The Morgan fingerprint density at radius 1 is 1.20 bits per heavy atom. The van der Waals surface area contributed by atoms with Crippen molar-refractivity contribution in [2.75, 3.05) is 6.54 Å². The summed E-state index contributed by atoms with van der Waals surface area (Å²) in [6.45, 7) is 4.68. The van der Waals surface area contributed by atoms with Gasteiger partial charge < -0.3 is 10.4 Å². The molecule has 1 amide bonds. The van der Waals surface area contributed by atoms with Crippen molar-refractivity contribution in [1.29, 1.82) is 0 Å². The predicted octanol–water partition coefficient (Wildman–Crippen LogP) is 3.00. The van der Waals surface area contributed by atoms with Gasteiger partial charge in [0.25, 0.3) is 0 Å². The number of halogens is 1. The first-order valence-electron chi connectivity index (χ1n) is 6.51. The van der Waals surface area contributed by atoms with Crippen LogP contribution in [-0.4, -0.2) is 23.5 Å². The summed E-state index contributed by atoms with van der Waals surface area (Å²) in [6, 6.07) is 8.10. The van der Waals surface area contributed by atoms with E-state index in [9.17, 15) is 9.59 Å². The lowest BCUT2D eigenvalue weighted by atomic mass is 9.85. The van der Waals surface area contributed by atoms with Crippen LogP contribution in [0.5, 0.6) is 0 Å². The molecule has 0 aliphatic heterocycles. The molecule has 110 valence electrons. The van der Waals surface area contributed by atoms with Gasteiger partial charge in [0, 0.05) is 17.4 Å². The van der Waals surface area contributed by atoms with E-state index in [4.69, 9.17) is 5.11 Å². The zero-order valence-corrected chi connectivity index (χ0v) is 13.4. The fraction of sp³-hybridized carbons (Fsp3) is 0.467. The van der Waals surface area contributed by atoms with Gasteiger partial charge in [0.05, 0.1) is 6.42 Å². The van der Waals surface area contributed by atoms with E-state index < -0.39 is 5.97 Å². The van der Waals surface area contributed by atoms with Gasteiger partial charge in [-0.1, -0.05) is 41.9 Å². The minimum atomic E-state index is -0.950. The minimum absolute atomic E-state index is 0.0314. The Hall–Kier alpha value is -1.36. The summed E-state index contributed by atoms with van der Waals surface area (Å²) >= 11 is 3.40. The standard InChI is InChI=1S/C15H20BrNO3/c1-15(2,9-11-3-5-12(16)6-4-11)10-17-13(18)7-8-14(19)20/h3-6H,7-10H2,1-2H3,(H,17,18)(H,19,20). The number of carboxylic acid groups (broad SMARTS) is 1. The summed E-state index contributed by atoms with van der Waals surface area (Å²) in [5.41, 5.74) is 1.13. The van der Waals surface area contributed by atoms with Crippen LogP contribution in [0.3, 0.4) is 0 Å². The average molecular weight is 342 g/mol. The summed E-state index contributed by atoms with van der Waals surface area (Å²) in [5.74, 6) is -1.16. The summed E-state index contributed by atoms with van der Waals surface area (Å²) in [4.78, 5) is 21.9. The van der Waals surface area contributed by atoms with Crippen LogP contribution in [0.2, 0.25) is 0 Å². The van der Waals surface area contributed by atoms with Gasteiger partial charge in [-0.3, -0.25) is 9.59 Å². The van der Waals surface area contributed by atoms with Gasteiger partial charge in [-0.25, -0.2) is 0 Å². The SMILES string of the molecule is CC(C)(CNC(=O)CCC(=O)O)Cc1ccc(Br)cc1. The summed E-state index contributed by atoms with van der Waals surface area (Å²) in [6.07, 6.45) is 0.752. The molecule has 4 nitrogen and oxygen atoms in total. The average Bonchev–Trinajstić information content (AvgIpc) is 2.36. The maximum Gasteiger partial charge on any atom is 0.303 e. The molecular formula is C15H20BrNO3. The van der Waals surface area contributed by atoms with Crippen LogP contribution in [0, 0.1) is 5.41 Å². The van der Waals surface area contributed by atoms with E-state index >= 15 is 0 Å². The predicted molar refractivity (Wildman–Crippen MR) is 81.5 cm³/mol. The Kier molecular flexibility index (Phi) is 6.20. The number of carboxylic acids is 1. The number of amides is 1. The second kappa shape index (κ2) is 7.43. The molecule has 0 spiro atoms. The lowest BCUT2D eigenvalue weighted by Crippen LogP contribution is -2.35. The third-order valence-corrected chi connectivity index (χ3v) is 3.45. The van der Waals surface area contributed by atoms with E-state index in [1.165, 1.54) is 5.56 Å². The van der Waals surface area contributed by atoms with Gasteiger partial charge in [0.15, 0.2) is 0 Å². The van der Waals surface area contributed by atoms with E-state index in [1.54, 1.807) is 0 Å². The molecule has 2 N–H and O–H groups in total. The molecule has 0 radical (unpaired) electrons. The molecule has 0 aliphatic rings. The van der Waals surface area contributed by atoms with Crippen LogP contribution >= 0.6 is 15.9 Å². The van der Waals surface area contributed by atoms with Crippen LogP contribution in [-0.2, 0) is 16.0 Å². The number of hydrogen-bond acceptors (Lipinski definition) is 2. The Balaban J connectivity index is 2.42. The zero-order valence-electron chi connectivity index (χ0n) is 11.8. The van der Waals surface area contributed by atoms with Crippen molar-refractivity contribution < 1.29 is 14.7 Å². The number of nitrogens with one attached hydrogen (secondary N) is 1. The van der Waals surface area contributed by atoms with Crippen molar-refractivity contribution >= 4 is 27.8 Å². The Morgan fingerprint density at radius 2 is 1.80 bits per heavy atom. The molecule has 1 aromatic carbocycles. The molecule has 0 bridgehead atoms. The number of hydrogen-bond donors (Lipinski definition) is 2. The van der Waals surface area contributed by atoms with E-state index in [0.717, 1.165) is 10.9 Å². The normalized spacial score (nSPS) is 11.2. The van der Waals surface area contributed by atoms with Crippen molar-refractivity contribution in [3.05, 3.63) is 34.3 Å². The minimum Gasteiger partial charge on any atom is -0.481 e. The topological polar surface area (TPSA) is 66.4 Å². The third-order valence-electron chi connectivity index (χ3n) is 2.93. The molecule has 1 aromatic rings. The molecule has 0 saturated heterocycles. The van der Waals surface area contributed by atoms with Gasteiger partial charge in [-0.2, -0.15) is 0 Å². The maximum absolute atomic E-state index is 11.5. The van der Waals surface area contributed by atoms with Crippen molar-refractivity contribution in [2.45, 2.75) is 33.1 Å². The van der Waals surface area contributed by atoms with E-state index in [-0.39, 0.29) is 24.2 Å². The molecule has 1 rings (SSSR count). The number of carbonyl (C=O) groups is 2. The van der Waals surface area contributed by atoms with E-state index in [0.29, 0.717) is 6.54 Å². The lowest BCUT2D eigenvalue weighted by molar-refractivity contribution is -0.138. The highest BCUT2D eigenvalue weighted by Gasteiger charge is 2.19. The van der Waals surface area contributed by atoms with Crippen molar-refractivity contribution in [2.24, 2.45) is 5.41 Å². The Labute approximate surface area is 127 Å². The molecule has 0 fully saturated rings. The first-order chi connectivity index (χ1) is 9.28. The second-order valence-corrected chi connectivity index (χ2v) is 6.55. The van der Waals surface area contributed by atoms with Crippen LogP contribution in [0.25, 0.3) is 0 Å². The highest BCUT2D eigenvalue weighted by atomic mass is 79.9. The first kappa shape index (κ1) is 16.7. The van der Waals surface area contributed by atoms with Gasteiger partial charge >= 0.3 is 5.97 Å². The van der Waals surface area contributed by atoms with Crippen LogP contribution in [0.1, 0.15) is 32.3 Å². The van der Waals surface area contributed by atoms with Gasteiger partial charge in [-0.05, 0) is 29.5 Å².